The zero-order chi connectivity index (χ0) is 19.7. The average molecular weight is 392 g/mol. The van der Waals surface area contributed by atoms with Gasteiger partial charge >= 0.3 is 0 Å². The van der Waals surface area contributed by atoms with Crippen molar-refractivity contribution in [3.05, 3.63) is 89.5 Å². The van der Waals surface area contributed by atoms with Crippen LogP contribution in [0.3, 0.4) is 0 Å². The van der Waals surface area contributed by atoms with Gasteiger partial charge in [0.25, 0.3) is 15.9 Å². The predicted octanol–water partition coefficient (Wildman–Crippen LogP) is 4.00. The lowest BCUT2D eigenvalue weighted by Gasteiger charge is -2.19. The number of nitrogens with one attached hydrogen (secondary N) is 1. The fourth-order valence-corrected chi connectivity index (χ4v) is 4.91. The lowest BCUT2D eigenvalue weighted by molar-refractivity contribution is 0.102. The summed E-state index contributed by atoms with van der Waals surface area (Å²) < 4.78 is 27.3. The minimum absolute atomic E-state index is 0.207. The number of nitrogens with zero attached hydrogens (tertiary/aromatic N) is 1. The zero-order valence-electron chi connectivity index (χ0n) is 15.4. The molecule has 0 bridgehead atoms. The first kappa shape index (κ1) is 18.3. The van der Waals surface area contributed by atoms with Crippen LogP contribution in [0.4, 0.5) is 11.4 Å². The first-order valence-corrected chi connectivity index (χ1v) is 10.5. The van der Waals surface area contributed by atoms with Crippen molar-refractivity contribution in [1.29, 1.82) is 0 Å². The number of fused-ring (bicyclic) bond motifs is 1. The van der Waals surface area contributed by atoms with Gasteiger partial charge in [-0.05, 0) is 60.9 Å². The highest BCUT2D eigenvalue weighted by atomic mass is 32.2. The number of sulfonamides is 1. The van der Waals surface area contributed by atoms with Gasteiger partial charge in [0.15, 0.2) is 0 Å². The summed E-state index contributed by atoms with van der Waals surface area (Å²) >= 11 is 0. The van der Waals surface area contributed by atoms with E-state index in [1.54, 1.807) is 48.5 Å². The molecule has 1 aliphatic rings. The van der Waals surface area contributed by atoms with Gasteiger partial charge in [-0.15, -0.1) is 0 Å². The van der Waals surface area contributed by atoms with Crippen molar-refractivity contribution in [3.63, 3.8) is 0 Å². The minimum atomic E-state index is -3.61. The summed E-state index contributed by atoms with van der Waals surface area (Å²) in [5.74, 6) is -0.207. The maximum Gasteiger partial charge on any atom is 0.264 e. The molecule has 4 rings (SSSR count). The number of hydrogen-bond donors (Lipinski definition) is 1. The number of rotatable bonds is 4. The number of amides is 1. The van der Waals surface area contributed by atoms with Gasteiger partial charge in [0, 0.05) is 17.8 Å². The van der Waals surface area contributed by atoms with Crippen molar-refractivity contribution in [1.82, 2.24) is 0 Å². The predicted molar refractivity (Wildman–Crippen MR) is 110 cm³/mol. The number of carbonyl (C=O) groups is 1. The van der Waals surface area contributed by atoms with Crippen molar-refractivity contribution < 1.29 is 13.2 Å². The molecule has 5 nitrogen and oxygen atoms in total. The normalized spacial score (nSPS) is 13.2. The Bertz CT molecular complexity index is 1140. The molecule has 1 aliphatic heterocycles. The third kappa shape index (κ3) is 3.27. The van der Waals surface area contributed by atoms with E-state index in [0.29, 0.717) is 24.2 Å². The van der Waals surface area contributed by atoms with Crippen LogP contribution >= 0.6 is 0 Å². The number of para-hydroxylation sites is 1. The van der Waals surface area contributed by atoms with Crippen molar-refractivity contribution >= 4 is 27.3 Å². The highest BCUT2D eigenvalue weighted by Crippen LogP contribution is 2.33. The lowest BCUT2D eigenvalue weighted by atomic mass is 10.1. The molecule has 0 aromatic heterocycles. The fourth-order valence-electron chi connectivity index (χ4n) is 3.39. The van der Waals surface area contributed by atoms with Gasteiger partial charge in [0.1, 0.15) is 0 Å². The molecule has 0 aliphatic carbocycles. The van der Waals surface area contributed by atoms with Crippen LogP contribution in [0.2, 0.25) is 0 Å². The molecule has 142 valence electrons. The van der Waals surface area contributed by atoms with Crippen LogP contribution in [0.15, 0.2) is 77.7 Å². The van der Waals surface area contributed by atoms with Crippen molar-refractivity contribution in [2.45, 2.75) is 18.2 Å². The number of aryl methyl sites for hydroxylation is 1. The van der Waals surface area contributed by atoms with E-state index in [-0.39, 0.29) is 10.8 Å². The molecule has 0 spiro atoms. The molecule has 28 heavy (non-hydrogen) atoms. The van der Waals surface area contributed by atoms with Gasteiger partial charge in [0.05, 0.1) is 10.6 Å². The molecule has 0 unspecified atom stereocenters. The van der Waals surface area contributed by atoms with Crippen LogP contribution in [-0.2, 0) is 16.4 Å². The largest absolute Gasteiger partial charge is 0.322 e. The quantitative estimate of drug-likeness (QED) is 0.730. The monoisotopic (exact) mass is 392 g/mol. The Kier molecular flexibility index (Phi) is 4.65. The van der Waals surface area contributed by atoms with Gasteiger partial charge in [-0.25, -0.2) is 8.42 Å². The summed E-state index contributed by atoms with van der Waals surface area (Å²) in [5.41, 5.74) is 3.76. The maximum absolute atomic E-state index is 12.9. The second kappa shape index (κ2) is 7.13. The fraction of sp³-hybridized carbons (Fsp3) is 0.136. The zero-order valence-corrected chi connectivity index (χ0v) is 16.2. The summed E-state index contributed by atoms with van der Waals surface area (Å²) in [6.07, 6.45) is 0.576. The molecule has 0 atom stereocenters. The molecule has 1 N–H and O–H groups in total. The van der Waals surface area contributed by atoms with Gasteiger partial charge in [-0.1, -0.05) is 36.4 Å². The van der Waals surface area contributed by atoms with Crippen LogP contribution in [0, 0.1) is 6.92 Å². The third-order valence-electron chi connectivity index (χ3n) is 4.92. The van der Waals surface area contributed by atoms with Crippen LogP contribution in [-0.4, -0.2) is 20.9 Å². The molecule has 0 fully saturated rings. The third-order valence-corrected chi connectivity index (χ3v) is 6.75. The molecule has 0 radical (unpaired) electrons. The van der Waals surface area contributed by atoms with E-state index in [4.69, 9.17) is 0 Å². The van der Waals surface area contributed by atoms with Gasteiger partial charge in [0.2, 0.25) is 0 Å². The van der Waals surface area contributed by atoms with Crippen LogP contribution in [0.25, 0.3) is 0 Å². The van der Waals surface area contributed by atoms with Crippen LogP contribution < -0.4 is 9.62 Å². The Labute approximate surface area is 164 Å². The molecule has 1 amide bonds. The standard InChI is InChI=1S/C22H20N2O3S/c1-16-7-5-6-10-20(16)23-22(25)18-11-12-21-17(15-18)13-14-24(21)28(26,27)19-8-3-2-4-9-19/h2-12,15H,13-14H2,1H3,(H,23,25). The Hall–Kier alpha value is -3.12. The highest BCUT2D eigenvalue weighted by Gasteiger charge is 2.31. The molecule has 0 saturated carbocycles. The van der Waals surface area contributed by atoms with Crippen molar-refractivity contribution in [2.75, 3.05) is 16.2 Å². The molecular formula is C22H20N2O3S. The Balaban J connectivity index is 1.61. The Morgan fingerprint density at radius 3 is 2.43 bits per heavy atom. The smallest absolute Gasteiger partial charge is 0.264 e. The van der Waals surface area contributed by atoms with Gasteiger partial charge in [-0.2, -0.15) is 0 Å². The van der Waals surface area contributed by atoms with E-state index in [2.05, 4.69) is 5.32 Å². The summed E-state index contributed by atoms with van der Waals surface area (Å²) in [5, 5.41) is 2.91. The van der Waals surface area contributed by atoms with E-state index < -0.39 is 10.0 Å². The van der Waals surface area contributed by atoms with E-state index in [1.807, 2.05) is 31.2 Å². The number of carbonyl (C=O) groups excluding carboxylic acids is 1. The second-order valence-corrected chi connectivity index (χ2v) is 8.62. The average Bonchev–Trinajstić information content (AvgIpc) is 3.14. The first-order chi connectivity index (χ1) is 13.5. The van der Waals surface area contributed by atoms with Crippen LogP contribution in [0.5, 0.6) is 0 Å². The summed E-state index contributed by atoms with van der Waals surface area (Å²) in [7, 11) is -3.61. The van der Waals surface area contributed by atoms with E-state index in [0.717, 1.165) is 16.8 Å². The molecular weight excluding hydrogens is 372 g/mol. The topological polar surface area (TPSA) is 66.5 Å². The molecule has 3 aromatic carbocycles. The van der Waals surface area contributed by atoms with E-state index in [1.165, 1.54) is 4.31 Å². The van der Waals surface area contributed by atoms with E-state index in [9.17, 15) is 13.2 Å². The summed E-state index contributed by atoms with van der Waals surface area (Å²) in [6, 6.07) is 21.2. The molecule has 0 saturated heterocycles. The molecule has 6 heteroatoms. The molecule has 3 aromatic rings. The lowest BCUT2D eigenvalue weighted by Crippen LogP contribution is -2.29. The SMILES string of the molecule is Cc1ccccc1NC(=O)c1ccc2c(c1)CCN2S(=O)(=O)c1ccccc1. The van der Waals surface area contributed by atoms with Crippen molar-refractivity contribution in [2.24, 2.45) is 0 Å². The van der Waals surface area contributed by atoms with Gasteiger partial charge in [-0.3, -0.25) is 9.10 Å². The van der Waals surface area contributed by atoms with Crippen molar-refractivity contribution in [3.8, 4) is 0 Å². The Morgan fingerprint density at radius 2 is 1.68 bits per heavy atom. The second-order valence-electron chi connectivity index (χ2n) is 6.75. The number of anilines is 2. The molecule has 1 heterocycles. The van der Waals surface area contributed by atoms with Crippen LogP contribution in [0.1, 0.15) is 21.5 Å². The maximum atomic E-state index is 12.9. The number of benzene rings is 3. The minimum Gasteiger partial charge on any atom is -0.322 e. The number of hydrogen-bond acceptors (Lipinski definition) is 3. The van der Waals surface area contributed by atoms with Gasteiger partial charge < -0.3 is 5.32 Å². The first-order valence-electron chi connectivity index (χ1n) is 9.04. The Morgan fingerprint density at radius 1 is 0.964 bits per heavy atom. The summed E-state index contributed by atoms with van der Waals surface area (Å²) in [4.78, 5) is 12.9. The van der Waals surface area contributed by atoms with E-state index >= 15 is 0 Å². The highest BCUT2D eigenvalue weighted by molar-refractivity contribution is 7.92. The summed E-state index contributed by atoms with van der Waals surface area (Å²) in [6.45, 7) is 2.31.